The lowest BCUT2D eigenvalue weighted by Gasteiger charge is -2.09. The fourth-order valence-corrected chi connectivity index (χ4v) is 2.50. The quantitative estimate of drug-likeness (QED) is 0.550. The van der Waals surface area contributed by atoms with E-state index >= 15 is 0 Å². The highest BCUT2D eigenvalue weighted by Gasteiger charge is 2.05. The molecule has 22 heavy (non-hydrogen) atoms. The Morgan fingerprint density at radius 1 is 1.32 bits per heavy atom. The fourth-order valence-electron chi connectivity index (χ4n) is 1.80. The maximum absolute atomic E-state index is 10.9. The number of rotatable bonds is 8. The molecule has 0 saturated carbocycles. The topological polar surface area (TPSA) is 98.9 Å². The zero-order valence-corrected chi connectivity index (χ0v) is 13.6. The normalized spacial score (nSPS) is 11.4. The van der Waals surface area contributed by atoms with Crippen LogP contribution in [0.15, 0.2) is 30.5 Å². The Morgan fingerprint density at radius 3 is 2.86 bits per heavy atom. The van der Waals surface area contributed by atoms with Gasteiger partial charge in [0.25, 0.3) is 0 Å². The van der Waals surface area contributed by atoms with Crippen LogP contribution in [0.5, 0.6) is 0 Å². The van der Waals surface area contributed by atoms with Gasteiger partial charge in [-0.1, -0.05) is 17.7 Å². The number of aromatic nitrogens is 2. The Bertz CT molecular complexity index is 717. The van der Waals surface area contributed by atoms with E-state index in [4.69, 9.17) is 11.6 Å². The van der Waals surface area contributed by atoms with E-state index in [1.165, 1.54) is 0 Å². The molecule has 2 aromatic rings. The van der Waals surface area contributed by atoms with Crippen LogP contribution in [0.2, 0.25) is 5.02 Å². The molecular weight excluding hydrogens is 326 g/mol. The highest BCUT2D eigenvalue weighted by molar-refractivity contribution is 7.88. The van der Waals surface area contributed by atoms with Crippen LogP contribution in [-0.2, 0) is 10.0 Å². The third-order valence-corrected chi connectivity index (χ3v) is 3.73. The first-order valence-corrected chi connectivity index (χ1v) is 8.95. The van der Waals surface area contributed by atoms with Crippen LogP contribution in [0, 0.1) is 0 Å². The molecule has 0 bridgehead atoms. The van der Waals surface area contributed by atoms with E-state index in [-0.39, 0.29) is 0 Å². The summed E-state index contributed by atoms with van der Waals surface area (Å²) in [4.78, 5) is 0. The molecule has 0 radical (unpaired) electrons. The molecule has 0 aliphatic carbocycles. The zero-order chi connectivity index (χ0) is 16.0. The largest absolute Gasteiger partial charge is 0.369 e. The molecule has 1 heterocycles. The molecule has 4 N–H and O–H groups in total. The Morgan fingerprint density at radius 2 is 2.14 bits per heavy atom. The maximum atomic E-state index is 10.9. The van der Waals surface area contributed by atoms with Crippen LogP contribution >= 0.6 is 11.6 Å². The van der Waals surface area contributed by atoms with Gasteiger partial charge in [-0.15, -0.1) is 0 Å². The van der Waals surface area contributed by atoms with Crippen LogP contribution in [-0.4, -0.2) is 38.0 Å². The van der Waals surface area contributed by atoms with Gasteiger partial charge in [-0.25, -0.2) is 13.1 Å². The molecule has 9 heteroatoms. The lowest BCUT2D eigenvalue weighted by Crippen LogP contribution is -2.24. The molecule has 0 amide bonds. The molecule has 120 valence electrons. The summed E-state index contributed by atoms with van der Waals surface area (Å²) in [7, 11) is -3.13. The SMILES string of the molecule is CS(=O)(=O)NCCCNc1[nH]ncc1Nc1cccc(Cl)c1. The number of halogens is 1. The number of nitrogens with one attached hydrogen (secondary N) is 4. The highest BCUT2D eigenvalue weighted by Crippen LogP contribution is 2.24. The fraction of sp³-hybridized carbons (Fsp3) is 0.308. The summed E-state index contributed by atoms with van der Waals surface area (Å²) in [6.45, 7) is 0.992. The number of sulfonamides is 1. The summed E-state index contributed by atoms with van der Waals surface area (Å²) >= 11 is 5.94. The predicted molar refractivity (Wildman–Crippen MR) is 89.3 cm³/mol. The number of hydrogen-bond donors (Lipinski definition) is 4. The average molecular weight is 344 g/mol. The molecule has 0 aliphatic rings. The zero-order valence-electron chi connectivity index (χ0n) is 12.1. The first-order valence-electron chi connectivity index (χ1n) is 6.68. The molecule has 0 unspecified atom stereocenters. The molecular formula is C13H18ClN5O2S. The minimum atomic E-state index is -3.13. The van der Waals surface area contributed by atoms with Gasteiger partial charge < -0.3 is 10.6 Å². The third kappa shape index (κ3) is 5.55. The number of H-pyrrole nitrogens is 1. The van der Waals surface area contributed by atoms with Crippen molar-refractivity contribution in [3.05, 3.63) is 35.5 Å². The molecule has 0 fully saturated rings. The van der Waals surface area contributed by atoms with E-state index < -0.39 is 10.0 Å². The summed E-state index contributed by atoms with van der Waals surface area (Å²) < 4.78 is 24.3. The van der Waals surface area contributed by atoms with E-state index in [2.05, 4.69) is 25.6 Å². The number of anilines is 3. The molecule has 0 saturated heterocycles. The van der Waals surface area contributed by atoms with Crippen molar-refractivity contribution >= 4 is 38.8 Å². The number of benzene rings is 1. The van der Waals surface area contributed by atoms with Crippen molar-refractivity contribution in [3.8, 4) is 0 Å². The number of nitrogens with zero attached hydrogens (tertiary/aromatic N) is 1. The molecule has 1 aromatic heterocycles. The van der Waals surface area contributed by atoms with E-state index in [1.54, 1.807) is 12.3 Å². The Balaban J connectivity index is 1.85. The van der Waals surface area contributed by atoms with E-state index in [9.17, 15) is 8.42 Å². The van der Waals surface area contributed by atoms with Gasteiger partial charge in [0.1, 0.15) is 11.5 Å². The number of aromatic amines is 1. The summed E-state index contributed by atoms with van der Waals surface area (Å²) in [6, 6.07) is 7.37. The highest BCUT2D eigenvalue weighted by atomic mass is 35.5. The van der Waals surface area contributed by atoms with Gasteiger partial charge in [-0.3, -0.25) is 5.10 Å². The second-order valence-electron chi connectivity index (χ2n) is 4.74. The van der Waals surface area contributed by atoms with E-state index in [1.807, 2.05) is 18.2 Å². The lowest BCUT2D eigenvalue weighted by atomic mass is 10.3. The van der Waals surface area contributed by atoms with Crippen molar-refractivity contribution in [3.63, 3.8) is 0 Å². The Hall–Kier alpha value is -1.77. The standard InChI is InChI=1S/C13H18ClN5O2S/c1-22(20,21)17-7-3-6-15-13-12(9-16-19-13)18-11-5-2-4-10(14)8-11/h2,4-5,8-9,17-18H,3,6-7H2,1H3,(H2,15,16,19). The predicted octanol–water partition coefficient (Wildman–Crippen LogP) is 2.16. The maximum Gasteiger partial charge on any atom is 0.208 e. The van der Waals surface area contributed by atoms with Gasteiger partial charge in [0.2, 0.25) is 10.0 Å². The van der Waals surface area contributed by atoms with Crippen molar-refractivity contribution in [2.45, 2.75) is 6.42 Å². The second kappa shape index (κ2) is 7.48. The summed E-state index contributed by atoms with van der Waals surface area (Å²) in [5.74, 6) is 0.735. The van der Waals surface area contributed by atoms with Gasteiger partial charge >= 0.3 is 0 Å². The minimum Gasteiger partial charge on any atom is -0.369 e. The van der Waals surface area contributed by atoms with Crippen molar-refractivity contribution in [1.82, 2.24) is 14.9 Å². The van der Waals surface area contributed by atoms with Crippen LogP contribution in [0.3, 0.4) is 0 Å². The first kappa shape index (κ1) is 16.6. The van der Waals surface area contributed by atoms with Crippen molar-refractivity contribution < 1.29 is 8.42 Å². The third-order valence-electron chi connectivity index (χ3n) is 2.76. The molecule has 1 aromatic carbocycles. The van der Waals surface area contributed by atoms with Gasteiger partial charge in [0, 0.05) is 23.8 Å². The molecule has 0 spiro atoms. The second-order valence-corrected chi connectivity index (χ2v) is 7.01. The van der Waals surface area contributed by atoms with Gasteiger partial charge in [-0.05, 0) is 24.6 Å². The molecule has 7 nitrogen and oxygen atoms in total. The minimum absolute atomic E-state index is 0.386. The number of hydrogen-bond acceptors (Lipinski definition) is 5. The van der Waals surface area contributed by atoms with Crippen LogP contribution < -0.4 is 15.4 Å². The van der Waals surface area contributed by atoms with Crippen LogP contribution in [0.4, 0.5) is 17.2 Å². The first-order chi connectivity index (χ1) is 10.4. The van der Waals surface area contributed by atoms with Gasteiger partial charge in [0.15, 0.2) is 0 Å². The van der Waals surface area contributed by atoms with E-state index in [0.717, 1.165) is 23.4 Å². The van der Waals surface area contributed by atoms with Gasteiger partial charge in [0.05, 0.1) is 12.5 Å². The summed E-state index contributed by atoms with van der Waals surface area (Å²) in [5.41, 5.74) is 1.65. The summed E-state index contributed by atoms with van der Waals surface area (Å²) in [5, 5.41) is 13.9. The monoisotopic (exact) mass is 343 g/mol. The average Bonchev–Trinajstić information content (AvgIpc) is 2.84. The van der Waals surface area contributed by atoms with Crippen molar-refractivity contribution in [2.75, 3.05) is 30.0 Å². The van der Waals surface area contributed by atoms with E-state index in [0.29, 0.717) is 24.5 Å². The summed E-state index contributed by atoms with van der Waals surface area (Å²) in [6.07, 6.45) is 3.46. The van der Waals surface area contributed by atoms with Crippen LogP contribution in [0.25, 0.3) is 0 Å². The van der Waals surface area contributed by atoms with Crippen LogP contribution in [0.1, 0.15) is 6.42 Å². The Labute approximate surface area is 134 Å². The van der Waals surface area contributed by atoms with Gasteiger partial charge in [-0.2, -0.15) is 5.10 Å². The molecule has 0 aliphatic heterocycles. The Kier molecular flexibility index (Phi) is 5.64. The van der Waals surface area contributed by atoms with Crippen molar-refractivity contribution in [2.24, 2.45) is 0 Å². The lowest BCUT2D eigenvalue weighted by molar-refractivity contribution is 0.586. The smallest absolute Gasteiger partial charge is 0.208 e. The molecule has 2 rings (SSSR count). The molecule has 0 atom stereocenters. The van der Waals surface area contributed by atoms with Crippen molar-refractivity contribution in [1.29, 1.82) is 0 Å².